The Morgan fingerprint density at radius 3 is 2.72 bits per heavy atom. The zero-order chi connectivity index (χ0) is 17.8. The number of carbonyl (C=O) groups excluding carboxylic acids is 1. The van der Waals surface area contributed by atoms with Crippen LogP contribution in [-0.4, -0.2) is 43.0 Å². The van der Waals surface area contributed by atoms with Gasteiger partial charge in [0.25, 0.3) is 0 Å². The first-order valence-corrected chi connectivity index (χ1v) is 9.55. The topological polar surface area (TPSA) is 44.4 Å². The summed E-state index contributed by atoms with van der Waals surface area (Å²) in [6.45, 7) is 5.07. The van der Waals surface area contributed by atoms with E-state index in [-0.39, 0.29) is 17.8 Å². The second-order valence-electron chi connectivity index (χ2n) is 7.57. The van der Waals surface area contributed by atoms with Crippen molar-refractivity contribution >= 4 is 5.91 Å². The second-order valence-corrected chi connectivity index (χ2v) is 7.57. The molecule has 1 saturated heterocycles. The molecule has 0 bridgehead atoms. The van der Waals surface area contributed by atoms with Gasteiger partial charge in [0.1, 0.15) is 5.82 Å². The molecular formula is C20H30FN3O. The number of amides is 1. The van der Waals surface area contributed by atoms with Gasteiger partial charge in [-0.15, -0.1) is 0 Å². The summed E-state index contributed by atoms with van der Waals surface area (Å²) in [6.07, 6.45) is 4.16. The molecule has 3 rings (SSSR count). The molecule has 0 aromatic heterocycles. The standard InChI is InChI=1S/C20H30FN3O/c1-3-4-19(22-2)20(25)23-18-10-7-15-12-24(13-17(15)18)11-14-5-8-16(21)9-6-14/h5-6,8-9,15,17-19,22H,3-4,7,10-13H2,1-2H3,(H,23,25)/t15-,17+,18+,19+/m1/s1. The molecule has 1 saturated carbocycles. The van der Waals surface area contributed by atoms with Crippen LogP contribution in [0.4, 0.5) is 4.39 Å². The third kappa shape index (κ3) is 4.39. The molecule has 1 aromatic carbocycles. The number of hydrogen-bond acceptors (Lipinski definition) is 3. The highest BCUT2D eigenvalue weighted by Gasteiger charge is 2.43. The molecule has 1 aromatic rings. The highest BCUT2D eigenvalue weighted by molar-refractivity contribution is 5.82. The van der Waals surface area contributed by atoms with Crippen LogP contribution in [-0.2, 0) is 11.3 Å². The monoisotopic (exact) mass is 347 g/mol. The molecule has 1 aliphatic heterocycles. The molecule has 0 radical (unpaired) electrons. The molecule has 25 heavy (non-hydrogen) atoms. The highest BCUT2D eigenvalue weighted by Crippen LogP contribution is 2.38. The summed E-state index contributed by atoms with van der Waals surface area (Å²) in [5, 5.41) is 6.43. The maximum Gasteiger partial charge on any atom is 0.237 e. The molecule has 0 spiro atoms. The first-order valence-electron chi connectivity index (χ1n) is 9.55. The molecule has 0 unspecified atom stereocenters. The second kappa shape index (κ2) is 8.28. The maximum absolute atomic E-state index is 13.1. The Morgan fingerprint density at radius 2 is 2.04 bits per heavy atom. The van der Waals surface area contributed by atoms with Crippen LogP contribution >= 0.6 is 0 Å². The molecule has 1 heterocycles. The van der Waals surface area contributed by atoms with Crippen molar-refractivity contribution < 1.29 is 9.18 Å². The van der Waals surface area contributed by atoms with E-state index >= 15 is 0 Å². The van der Waals surface area contributed by atoms with Gasteiger partial charge in [0.2, 0.25) is 5.91 Å². The molecule has 2 fully saturated rings. The van der Waals surface area contributed by atoms with Crippen molar-refractivity contribution in [2.75, 3.05) is 20.1 Å². The van der Waals surface area contributed by atoms with Crippen LogP contribution in [0.15, 0.2) is 24.3 Å². The largest absolute Gasteiger partial charge is 0.352 e. The molecule has 2 aliphatic rings. The summed E-state index contributed by atoms with van der Waals surface area (Å²) >= 11 is 0. The zero-order valence-electron chi connectivity index (χ0n) is 15.3. The number of hydrogen-bond donors (Lipinski definition) is 2. The van der Waals surface area contributed by atoms with Crippen molar-refractivity contribution in [3.8, 4) is 0 Å². The predicted octanol–water partition coefficient (Wildman–Crippen LogP) is 2.54. The average molecular weight is 347 g/mol. The molecule has 4 atom stereocenters. The van der Waals surface area contributed by atoms with Crippen LogP contribution in [0.25, 0.3) is 0 Å². The van der Waals surface area contributed by atoms with Crippen LogP contribution in [0.3, 0.4) is 0 Å². The molecule has 138 valence electrons. The number of carbonyl (C=O) groups is 1. The summed E-state index contributed by atoms with van der Waals surface area (Å²) < 4.78 is 13.1. The number of nitrogens with zero attached hydrogens (tertiary/aromatic N) is 1. The molecule has 1 aliphatic carbocycles. The minimum absolute atomic E-state index is 0.0826. The molecule has 1 amide bonds. The highest BCUT2D eigenvalue weighted by atomic mass is 19.1. The third-order valence-electron chi connectivity index (χ3n) is 5.82. The lowest BCUT2D eigenvalue weighted by Gasteiger charge is -2.24. The fourth-order valence-corrected chi connectivity index (χ4v) is 4.49. The summed E-state index contributed by atoms with van der Waals surface area (Å²) in [6, 6.07) is 7.00. The van der Waals surface area contributed by atoms with Gasteiger partial charge >= 0.3 is 0 Å². The molecule has 4 nitrogen and oxygen atoms in total. The number of halogens is 1. The average Bonchev–Trinajstić information content (AvgIpc) is 3.16. The van der Waals surface area contributed by atoms with Gasteiger partial charge in [-0.05, 0) is 55.8 Å². The Bertz CT molecular complexity index is 577. The van der Waals surface area contributed by atoms with Crippen LogP contribution in [0.1, 0.15) is 38.2 Å². The van der Waals surface area contributed by atoms with E-state index in [0.717, 1.165) is 44.5 Å². The SMILES string of the molecule is CCC[C@H](NC)C(=O)N[C@H]1CC[C@@H]2CN(Cc3ccc(F)cc3)C[C@@H]21. The number of likely N-dealkylation sites (N-methyl/N-ethyl adjacent to an activating group) is 1. The zero-order valence-corrected chi connectivity index (χ0v) is 15.3. The van der Waals surface area contributed by atoms with Gasteiger partial charge in [-0.25, -0.2) is 4.39 Å². The quantitative estimate of drug-likeness (QED) is 0.797. The van der Waals surface area contributed by atoms with Crippen molar-refractivity contribution in [1.82, 2.24) is 15.5 Å². The van der Waals surface area contributed by atoms with Crippen molar-refractivity contribution in [3.05, 3.63) is 35.6 Å². The fraction of sp³-hybridized carbons (Fsp3) is 0.650. The van der Waals surface area contributed by atoms with Gasteiger partial charge in [-0.1, -0.05) is 25.5 Å². The van der Waals surface area contributed by atoms with E-state index in [1.807, 2.05) is 19.2 Å². The Kier molecular flexibility index (Phi) is 6.07. The number of rotatable bonds is 7. The maximum atomic E-state index is 13.1. The van der Waals surface area contributed by atoms with E-state index in [4.69, 9.17) is 0 Å². The van der Waals surface area contributed by atoms with Gasteiger partial charge < -0.3 is 10.6 Å². The Morgan fingerprint density at radius 1 is 1.28 bits per heavy atom. The third-order valence-corrected chi connectivity index (χ3v) is 5.82. The van der Waals surface area contributed by atoms with Crippen molar-refractivity contribution in [2.24, 2.45) is 11.8 Å². The van der Waals surface area contributed by atoms with Gasteiger partial charge in [0, 0.05) is 25.7 Å². The number of likely N-dealkylation sites (tertiary alicyclic amines) is 1. The van der Waals surface area contributed by atoms with E-state index in [1.165, 1.54) is 18.6 Å². The smallest absolute Gasteiger partial charge is 0.237 e. The van der Waals surface area contributed by atoms with E-state index in [0.29, 0.717) is 17.9 Å². The van der Waals surface area contributed by atoms with Crippen LogP contribution in [0.5, 0.6) is 0 Å². The summed E-state index contributed by atoms with van der Waals surface area (Å²) in [5.74, 6) is 1.18. The van der Waals surface area contributed by atoms with Gasteiger partial charge in [0.05, 0.1) is 6.04 Å². The lowest BCUT2D eigenvalue weighted by molar-refractivity contribution is -0.124. The normalized spacial score (nSPS) is 27.2. The Balaban J connectivity index is 1.54. The molecular weight excluding hydrogens is 317 g/mol. The van der Waals surface area contributed by atoms with Gasteiger partial charge in [-0.2, -0.15) is 0 Å². The molecule has 5 heteroatoms. The number of benzene rings is 1. The summed E-state index contributed by atoms with van der Waals surface area (Å²) in [5.41, 5.74) is 1.15. The lowest BCUT2D eigenvalue weighted by atomic mass is 9.97. The van der Waals surface area contributed by atoms with Gasteiger partial charge in [-0.3, -0.25) is 9.69 Å². The van der Waals surface area contributed by atoms with E-state index in [2.05, 4.69) is 22.5 Å². The van der Waals surface area contributed by atoms with Gasteiger partial charge in [0.15, 0.2) is 0 Å². The van der Waals surface area contributed by atoms with Crippen molar-refractivity contribution in [3.63, 3.8) is 0 Å². The van der Waals surface area contributed by atoms with Crippen LogP contribution < -0.4 is 10.6 Å². The predicted molar refractivity (Wildman–Crippen MR) is 97.6 cm³/mol. The first kappa shape index (κ1) is 18.3. The minimum atomic E-state index is -0.184. The first-order chi connectivity index (χ1) is 12.1. The minimum Gasteiger partial charge on any atom is -0.352 e. The number of fused-ring (bicyclic) bond motifs is 1. The Hall–Kier alpha value is -1.46. The Labute approximate surface area is 150 Å². The lowest BCUT2D eigenvalue weighted by Crippen LogP contribution is -2.48. The fourth-order valence-electron chi connectivity index (χ4n) is 4.49. The summed E-state index contributed by atoms with van der Waals surface area (Å²) in [7, 11) is 1.86. The van der Waals surface area contributed by atoms with E-state index in [1.54, 1.807) is 0 Å². The van der Waals surface area contributed by atoms with Crippen molar-refractivity contribution in [2.45, 2.75) is 51.2 Å². The van der Waals surface area contributed by atoms with E-state index in [9.17, 15) is 9.18 Å². The molecule has 2 N–H and O–H groups in total. The number of nitrogens with one attached hydrogen (secondary N) is 2. The van der Waals surface area contributed by atoms with E-state index < -0.39 is 0 Å². The van der Waals surface area contributed by atoms with Crippen LogP contribution in [0, 0.1) is 17.7 Å². The van der Waals surface area contributed by atoms with Crippen molar-refractivity contribution in [1.29, 1.82) is 0 Å². The summed E-state index contributed by atoms with van der Waals surface area (Å²) in [4.78, 5) is 14.9. The van der Waals surface area contributed by atoms with Crippen LogP contribution in [0.2, 0.25) is 0 Å².